The number of benzene rings is 1. The van der Waals surface area contributed by atoms with Crippen molar-refractivity contribution < 1.29 is 19.1 Å². The molecule has 21 heavy (non-hydrogen) atoms. The molecule has 2 N–H and O–H groups in total. The first-order chi connectivity index (χ1) is 10.1. The Kier molecular flexibility index (Phi) is 4.35. The summed E-state index contributed by atoms with van der Waals surface area (Å²) < 4.78 is 4.95. The summed E-state index contributed by atoms with van der Waals surface area (Å²) in [4.78, 5) is 22.9. The van der Waals surface area contributed by atoms with Crippen molar-refractivity contribution in [3.05, 3.63) is 59.6 Å². The first-order valence-corrected chi connectivity index (χ1v) is 6.05. The highest BCUT2D eigenvalue weighted by molar-refractivity contribution is 6.02. The number of carbonyl (C=O) groups is 2. The highest BCUT2D eigenvalue weighted by Gasteiger charge is 2.14. The number of hydrogen-bond donors (Lipinski definition) is 2. The van der Waals surface area contributed by atoms with E-state index in [1.165, 1.54) is 25.4 Å². The van der Waals surface area contributed by atoms with Gasteiger partial charge in [-0.3, -0.25) is 10.1 Å². The molecule has 0 bridgehead atoms. The number of aromatic nitrogens is 1. The molecule has 7 heteroatoms. The summed E-state index contributed by atoms with van der Waals surface area (Å²) in [6.45, 7) is 0. The van der Waals surface area contributed by atoms with E-state index in [-0.39, 0.29) is 5.69 Å². The highest BCUT2D eigenvalue weighted by Crippen LogP contribution is 2.14. The van der Waals surface area contributed by atoms with Crippen LogP contribution in [0.1, 0.15) is 10.5 Å². The van der Waals surface area contributed by atoms with Crippen molar-refractivity contribution in [1.29, 1.82) is 0 Å². The first kappa shape index (κ1) is 14.3. The van der Waals surface area contributed by atoms with Gasteiger partial charge in [-0.2, -0.15) is 4.73 Å². The maximum atomic E-state index is 11.9. The molecule has 108 valence electrons. The number of methoxy groups -OCH3 is 1. The molecular weight excluding hydrogens is 274 g/mol. The summed E-state index contributed by atoms with van der Waals surface area (Å²) in [6, 6.07) is 11.0. The van der Waals surface area contributed by atoms with E-state index >= 15 is 0 Å². The molecular formula is C14H13N3O4. The zero-order chi connectivity index (χ0) is 15.2. The molecule has 0 saturated carbocycles. The number of rotatable bonds is 3. The molecule has 0 saturated heterocycles. The van der Waals surface area contributed by atoms with Crippen LogP contribution >= 0.6 is 0 Å². The van der Waals surface area contributed by atoms with Gasteiger partial charge in [0.15, 0.2) is 6.20 Å². The van der Waals surface area contributed by atoms with Crippen LogP contribution in [0.2, 0.25) is 0 Å². The van der Waals surface area contributed by atoms with Crippen LogP contribution in [0.15, 0.2) is 48.7 Å². The second kappa shape index (κ2) is 6.38. The monoisotopic (exact) mass is 287 g/mol. The summed E-state index contributed by atoms with van der Waals surface area (Å²) in [5, 5.41) is 16.5. The van der Waals surface area contributed by atoms with Gasteiger partial charge in [0.05, 0.1) is 7.11 Å². The minimum absolute atomic E-state index is 0.00531. The van der Waals surface area contributed by atoms with Crippen molar-refractivity contribution in [2.75, 3.05) is 17.7 Å². The third kappa shape index (κ3) is 3.69. The van der Waals surface area contributed by atoms with Crippen LogP contribution < -0.4 is 15.4 Å². The molecule has 0 atom stereocenters. The Morgan fingerprint density at radius 1 is 1.05 bits per heavy atom. The quantitative estimate of drug-likeness (QED) is 0.664. The number of pyridine rings is 1. The van der Waals surface area contributed by atoms with Gasteiger partial charge in [0, 0.05) is 23.5 Å². The summed E-state index contributed by atoms with van der Waals surface area (Å²) >= 11 is 0. The first-order valence-electron chi connectivity index (χ1n) is 6.05. The second-order valence-corrected chi connectivity index (χ2v) is 4.06. The lowest BCUT2D eigenvalue weighted by Crippen LogP contribution is -2.36. The van der Waals surface area contributed by atoms with Crippen molar-refractivity contribution in [2.24, 2.45) is 0 Å². The molecule has 0 unspecified atom stereocenters. The highest BCUT2D eigenvalue weighted by atomic mass is 16.5. The van der Waals surface area contributed by atoms with Gasteiger partial charge in [-0.25, -0.2) is 4.79 Å². The molecule has 0 aliphatic rings. The predicted molar refractivity (Wildman–Crippen MR) is 75.8 cm³/mol. The van der Waals surface area contributed by atoms with Gasteiger partial charge in [-0.05, 0) is 30.3 Å². The fourth-order valence-corrected chi connectivity index (χ4v) is 1.61. The average molecular weight is 287 g/mol. The number of amides is 2. The average Bonchev–Trinajstić information content (AvgIpc) is 2.49. The topological polar surface area (TPSA) is 94.4 Å². The van der Waals surface area contributed by atoms with E-state index < -0.39 is 12.0 Å². The van der Waals surface area contributed by atoms with E-state index in [1.807, 2.05) is 0 Å². The van der Waals surface area contributed by atoms with Gasteiger partial charge in [0.25, 0.3) is 5.69 Å². The third-order valence-corrected chi connectivity index (χ3v) is 2.63. The molecule has 2 rings (SSSR count). The molecule has 2 amide bonds. The molecule has 1 heterocycles. The molecule has 0 aliphatic heterocycles. The largest absolute Gasteiger partial charge is 0.618 e. The third-order valence-electron chi connectivity index (χ3n) is 2.63. The minimum atomic E-state index is -0.580. The van der Waals surface area contributed by atoms with Crippen LogP contribution in [-0.2, 0) is 4.74 Å². The van der Waals surface area contributed by atoms with Crippen molar-refractivity contribution >= 4 is 23.4 Å². The van der Waals surface area contributed by atoms with Gasteiger partial charge in [-0.15, -0.1) is 0 Å². The lowest BCUT2D eigenvalue weighted by molar-refractivity contribution is -0.607. The van der Waals surface area contributed by atoms with Gasteiger partial charge in [0.1, 0.15) is 0 Å². The van der Waals surface area contributed by atoms with Gasteiger partial charge >= 0.3 is 12.0 Å². The fourth-order valence-electron chi connectivity index (χ4n) is 1.61. The zero-order valence-electron chi connectivity index (χ0n) is 11.2. The van der Waals surface area contributed by atoms with E-state index in [0.717, 1.165) is 0 Å². The van der Waals surface area contributed by atoms with Crippen LogP contribution in [0.25, 0.3) is 0 Å². The van der Waals surface area contributed by atoms with Crippen LogP contribution in [-0.4, -0.2) is 19.1 Å². The standard InChI is InChI=1S/C14H13N3O4/c1-21-14(19)16-11-7-5-10(6-8-11)15-13(18)12-4-2-3-9-17(12)20/h2-9H,1H3,(H,15,18)(H,16,19). The van der Waals surface area contributed by atoms with E-state index in [2.05, 4.69) is 15.4 Å². The smallest absolute Gasteiger partial charge is 0.411 e. The van der Waals surface area contributed by atoms with E-state index in [4.69, 9.17) is 0 Å². The lowest BCUT2D eigenvalue weighted by Gasteiger charge is -2.07. The zero-order valence-corrected chi connectivity index (χ0v) is 11.2. The molecule has 1 aromatic heterocycles. The number of carbonyl (C=O) groups excluding carboxylic acids is 2. The molecule has 2 aromatic rings. The SMILES string of the molecule is COC(=O)Nc1ccc(NC(=O)c2cccc[n+]2[O-])cc1. The summed E-state index contributed by atoms with van der Waals surface area (Å²) in [7, 11) is 1.27. The lowest BCUT2D eigenvalue weighted by atomic mass is 10.2. The fraction of sp³-hybridized carbons (Fsp3) is 0.0714. The summed E-state index contributed by atoms with van der Waals surface area (Å²) in [5.41, 5.74) is 1.02. The number of nitrogens with one attached hydrogen (secondary N) is 2. The van der Waals surface area contributed by atoms with Crippen LogP contribution in [0.3, 0.4) is 0 Å². The molecule has 0 aliphatic carbocycles. The van der Waals surface area contributed by atoms with Crippen molar-refractivity contribution in [1.82, 2.24) is 0 Å². The Labute approximate surface area is 120 Å². The van der Waals surface area contributed by atoms with Gasteiger partial charge in [0.2, 0.25) is 0 Å². The molecule has 0 fully saturated rings. The van der Waals surface area contributed by atoms with E-state index in [9.17, 15) is 14.8 Å². The normalized spacial score (nSPS) is 9.76. The van der Waals surface area contributed by atoms with Crippen LogP contribution in [0.5, 0.6) is 0 Å². The molecule has 7 nitrogen and oxygen atoms in total. The summed E-state index contributed by atoms with van der Waals surface area (Å²) in [5.74, 6) is -0.515. The minimum Gasteiger partial charge on any atom is -0.618 e. The second-order valence-electron chi connectivity index (χ2n) is 4.06. The Morgan fingerprint density at radius 2 is 1.67 bits per heavy atom. The van der Waals surface area contributed by atoms with Crippen molar-refractivity contribution in [2.45, 2.75) is 0 Å². The van der Waals surface area contributed by atoms with Crippen molar-refractivity contribution in [3.63, 3.8) is 0 Å². The molecule has 1 aromatic carbocycles. The Balaban J connectivity index is 2.05. The van der Waals surface area contributed by atoms with Gasteiger partial charge < -0.3 is 15.3 Å². The van der Waals surface area contributed by atoms with E-state index in [0.29, 0.717) is 16.1 Å². The van der Waals surface area contributed by atoms with Crippen LogP contribution in [0, 0.1) is 5.21 Å². The van der Waals surface area contributed by atoms with Crippen LogP contribution in [0.4, 0.5) is 16.2 Å². The van der Waals surface area contributed by atoms with Crippen molar-refractivity contribution in [3.8, 4) is 0 Å². The van der Waals surface area contributed by atoms with E-state index in [1.54, 1.807) is 30.3 Å². The number of nitrogens with zero attached hydrogens (tertiary/aromatic N) is 1. The molecule has 0 spiro atoms. The maximum absolute atomic E-state index is 11.9. The predicted octanol–water partition coefficient (Wildman–Crippen LogP) is 1.75. The Hall–Kier alpha value is -3.09. The maximum Gasteiger partial charge on any atom is 0.411 e. The number of hydrogen-bond acceptors (Lipinski definition) is 4. The molecule has 0 radical (unpaired) electrons. The Bertz CT molecular complexity index is 656. The Morgan fingerprint density at radius 3 is 2.24 bits per heavy atom. The summed E-state index contributed by atoms with van der Waals surface area (Å²) in [6.07, 6.45) is 0.668. The number of ether oxygens (including phenoxy) is 1. The van der Waals surface area contributed by atoms with Gasteiger partial charge in [-0.1, -0.05) is 0 Å². The number of anilines is 2.